The average molecular weight is 317 g/mol. The molecule has 0 saturated carbocycles. The monoisotopic (exact) mass is 316 g/mol. The molecule has 0 aliphatic rings. The van der Waals surface area contributed by atoms with Crippen LogP contribution in [0.1, 0.15) is 110 Å². The average Bonchev–Trinajstić information content (AvgIpc) is 2.45. The van der Waals surface area contributed by atoms with Crippen molar-refractivity contribution in [3.8, 4) is 0 Å². The molecular formula is C19H42NO2+. The van der Waals surface area contributed by atoms with Gasteiger partial charge in [-0.15, -0.1) is 0 Å². The topological polar surface area (TPSA) is 40.5 Å². The molecule has 0 aliphatic heterocycles. The van der Waals surface area contributed by atoms with Crippen molar-refractivity contribution in [1.29, 1.82) is 0 Å². The number of hydrogen-bond donors (Lipinski definition) is 2. The van der Waals surface area contributed by atoms with Gasteiger partial charge >= 0.3 is 0 Å². The molecule has 22 heavy (non-hydrogen) atoms. The van der Waals surface area contributed by atoms with E-state index in [4.69, 9.17) is 10.4 Å². The minimum atomic E-state index is -0.876. The van der Waals surface area contributed by atoms with E-state index < -0.39 is 4.81 Å². The third-order valence-corrected chi connectivity index (χ3v) is 4.44. The van der Waals surface area contributed by atoms with Crippen molar-refractivity contribution in [3.05, 3.63) is 0 Å². The smallest absolute Gasteiger partial charge is 0.141 e. The van der Waals surface area contributed by atoms with E-state index in [-0.39, 0.29) is 0 Å². The van der Waals surface area contributed by atoms with Gasteiger partial charge in [0.2, 0.25) is 0 Å². The fraction of sp³-hybridized carbons (Fsp3) is 1.00. The Kier molecular flexibility index (Phi) is 15.7. The maximum Gasteiger partial charge on any atom is 0.141 e. The fourth-order valence-corrected chi connectivity index (χ4v) is 2.96. The number of rotatable bonds is 17. The van der Waals surface area contributed by atoms with Crippen molar-refractivity contribution in [3.63, 3.8) is 0 Å². The van der Waals surface area contributed by atoms with Crippen LogP contribution in [0.4, 0.5) is 0 Å². The second-order valence-electron chi connectivity index (χ2n) is 7.12. The van der Waals surface area contributed by atoms with E-state index in [9.17, 15) is 0 Å². The summed E-state index contributed by atoms with van der Waals surface area (Å²) < 4.78 is 0. The van der Waals surface area contributed by atoms with Gasteiger partial charge in [-0.1, -0.05) is 102 Å². The summed E-state index contributed by atoms with van der Waals surface area (Å²) in [6, 6.07) is 0. The first kappa shape index (κ1) is 21.9. The Bertz CT molecular complexity index is 214. The maximum atomic E-state index is 9.13. The van der Waals surface area contributed by atoms with Gasteiger partial charge in [-0.3, -0.25) is 0 Å². The summed E-state index contributed by atoms with van der Waals surface area (Å²) in [5.41, 5.74) is 0. The van der Waals surface area contributed by atoms with Crippen LogP contribution in [-0.4, -0.2) is 28.8 Å². The van der Waals surface area contributed by atoms with Gasteiger partial charge in [0, 0.05) is 6.42 Å². The van der Waals surface area contributed by atoms with E-state index >= 15 is 0 Å². The summed E-state index contributed by atoms with van der Waals surface area (Å²) in [5, 5.41) is 18.3. The van der Waals surface area contributed by atoms with Crippen LogP contribution in [0, 0.1) is 0 Å². The van der Waals surface area contributed by atoms with Crippen molar-refractivity contribution in [2.24, 2.45) is 0 Å². The first-order valence-corrected chi connectivity index (χ1v) is 9.87. The van der Waals surface area contributed by atoms with Crippen LogP contribution in [-0.2, 0) is 0 Å². The number of quaternary nitrogens is 1. The lowest BCUT2D eigenvalue weighted by atomic mass is 10.0. The molecule has 0 radical (unpaired) electrons. The normalized spacial score (nSPS) is 12.0. The molecule has 0 bridgehead atoms. The van der Waals surface area contributed by atoms with Gasteiger partial charge in [-0.2, -0.15) is 10.4 Å². The Hall–Kier alpha value is -0.120. The van der Waals surface area contributed by atoms with Crippen molar-refractivity contribution in [1.82, 2.24) is 0 Å². The molecule has 0 fully saturated rings. The lowest BCUT2D eigenvalue weighted by Gasteiger charge is -2.14. The summed E-state index contributed by atoms with van der Waals surface area (Å²) in [6.45, 7) is 2.72. The number of hydroxylamine groups is 4. The quantitative estimate of drug-likeness (QED) is 0.183. The van der Waals surface area contributed by atoms with Crippen molar-refractivity contribution < 1.29 is 15.2 Å². The zero-order valence-corrected chi connectivity index (χ0v) is 15.4. The standard InChI is InChI=1S/C19H42NO2/c1-3-4-5-6-7-8-9-10-11-12-13-14-15-16-17-18-19-20(2,21)22/h21-22H,3-19H2,1-2H3/q+1. The largest absolute Gasteiger partial charge is 0.182 e. The lowest BCUT2D eigenvalue weighted by molar-refractivity contribution is -1.23. The molecule has 0 aliphatic carbocycles. The van der Waals surface area contributed by atoms with Gasteiger partial charge in [-0.25, -0.2) is 0 Å². The summed E-state index contributed by atoms with van der Waals surface area (Å²) in [7, 11) is 1.41. The first-order valence-electron chi connectivity index (χ1n) is 9.87. The third-order valence-electron chi connectivity index (χ3n) is 4.44. The molecule has 0 aromatic rings. The van der Waals surface area contributed by atoms with Crippen LogP contribution in [0.15, 0.2) is 0 Å². The molecule has 134 valence electrons. The Morgan fingerprint density at radius 3 is 1.05 bits per heavy atom. The molecule has 0 amide bonds. The van der Waals surface area contributed by atoms with Gasteiger partial charge in [0.25, 0.3) is 0 Å². The summed E-state index contributed by atoms with van der Waals surface area (Å²) in [4.78, 5) is -0.876. The Morgan fingerprint density at radius 1 is 0.500 bits per heavy atom. The molecule has 2 N–H and O–H groups in total. The molecule has 0 unspecified atom stereocenters. The Morgan fingerprint density at radius 2 is 0.773 bits per heavy atom. The second kappa shape index (κ2) is 15.8. The van der Waals surface area contributed by atoms with Crippen molar-refractivity contribution in [2.45, 2.75) is 110 Å². The molecule has 0 saturated heterocycles. The molecule has 0 heterocycles. The Labute approximate surface area is 139 Å². The maximum absolute atomic E-state index is 9.13. The second-order valence-corrected chi connectivity index (χ2v) is 7.12. The molecule has 0 aromatic carbocycles. The van der Waals surface area contributed by atoms with E-state index in [0.29, 0.717) is 6.54 Å². The summed E-state index contributed by atoms with van der Waals surface area (Å²) in [6.07, 6.45) is 21.5. The van der Waals surface area contributed by atoms with E-state index in [0.717, 1.165) is 12.8 Å². The van der Waals surface area contributed by atoms with Gasteiger partial charge in [-0.05, 0) is 6.42 Å². The van der Waals surface area contributed by atoms with E-state index in [1.807, 2.05) is 0 Å². The minimum Gasteiger partial charge on any atom is -0.182 e. The first-order chi connectivity index (χ1) is 10.6. The molecule has 3 heteroatoms. The van der Waals surface area contributed by atoms with Crippen LogP contribution in [0.25, 0.3) is 0 Å². The predicted octanol–water partition coefficient (Wildman–Crippen LogP) is 6.47. The third kappa shape index (κ3) is 19.9. The van der Waals surface area contributed by atoms with Crippen LogP contribution in [0.3, 0.4) is 0 Å². The number of nitrogens with zero attached hydrogens (tertiary/aromatic N) is 1. The molecule has 0 aromatic heterocycles. The zero-order chi connectivity index (χ0) is 16.5. The van der Waals surface area contributed by atoms with E-state index in [1.165, 1.54) is 96.9 Å². The Balaban J connectivity index is 3.00. The molecule has 0 atom stereocenters. The van der Waals surface area contributed by atoms with Crippen LogP contribution >= 0.6 is 0 Å². The zero-order valence-electron chi connectivity index (χ0n) is 15.4. The molecule has 3 nitrogen and oxygen atoms in total. The highest BCUT2D eigenvalue weighted by Gasteiger charge is 2.12. The van der Waals surface area contributed by atoms with Crippen LogP contribution < -0.4 is 0 Å². The minimum absolute atomic E-state index is 0.443. The SMILES string of the molecule is CCCCCCCCCCCCCCCCCC[N+](C)(O)O. The van der Waals surface area contributed by atoms with Crippen LogP contribution in [0.5, 0.6) is 0 Å². The van der Waals surface area contributed by atoms with Gasteiger partial charge in [0.15, 0.2) is 0 Å². The van der Waals surface area contributed by atoms with Gasteiger partial charge < -0.3 is 0 Å². The van der Waals surface area contributed by atoms with Crippen LogP contribution in [0.2, 0.25) is 0 Å². The van der Waals surface area contributed by atoms with E-state index in [1.54, 1.807) is 0 Å². The van der Waals surface area contributed by atoms with Crippen molar-refractivity contribution in [2.75, 3.05) is 13.6 Å². The molecule has 0 rings (SSSR count). The number of hydrogen-bond acceptors (Lipinski definition) is 2. The molecular weight excluding hydrogens is 274 g/mol. The predicted molar refractivity (Wildman–Crippen MR) is 94.2 cm³/mol. The highest BCUT2D eigenvalue weighted by atomic mass is 16.8. The number of unbranched alkanes of at least 4 members (excludes halogenated alkanes) is 15. The molecule has 0 spiro atoms. The highest BCUT2D eigenvalue weighted by molar-refractivity contribution is 4.49. The highest BCUT2D eigenvalue weighted by Crippen LogP contribution is 2.13. The summed E-state index contributed by atoms with van der Waals surface area (Å²) >= 11 is 0. The summed E-state index contributed by atoms with van der Waals surface area (Å²) in [5.74, 6) is 0. The van der Waals surface area contributed by atoms with Crippen molar-refractivity contribution >= 4 is 0 Å². The van der Waals surface area contributed by atoms with E-state index in [2.05, 4.69) is 6.92 Å². The fourth-order valence-electron chi connectivity index (χ4n) is 2.96. The van der Waals surface area contributed by atoms with Gasteiger partial charge in [0.05, 0.1) is 0 Å². The van der Waals surface area contributed by atoms with Gasteiger partial charge in [0.1, 0.15) is 13.6 Å². The lowest BCUT2D eigenvalue weighted by Crippen LogP contribution is -2.36.